The monoisotopic (exact) mass is 431 g/mol. The SMILES string of the molecule is CC(Sc1nncn1-c1ccccc1)c1nc2scc(-c3ccccc3)c2c(=O)[nH]1. The number of rotatable bonds is 5. The Balaban J connectivity index is 1.48. The minimum atomic E-state index is -0.118. The van der Waals surface area contributed by atoms with Gasteiger partial charge < -0.3 is 4.98 Å². The Kier molecular flexibility index (Phi) is 4.94. The van der Waals surface area contributed by atoms with Gasteiger partial charge in [-0.3, -0.25) is 9.36 Å². The van der Waals surface area contributed by atoms with Gasteiger partial charge in [-0.05, 0) is 24.6 Å². The van der Waals surface area contributed by atoms with Crippen LogP contribution in [0, 0.1) is 0 Å². The third-order valence-corrected chi connectivity index (χ3v) is 6.70. The van der Waals surface area contributed by atoms with Gasteiger partial charge in [-0.1, -0.05) is 60.3 Å². The lowest BCUT2D eigenvalue weighted by Crippen LogP contribution is -2.12. The molecule has 3 heterocycles. The molecule has 0 aliphatic heterocycles. The number of hydrogen-bond acceptors (Lipinski definition) is 6. The molecule has 0 aliphatic rings. The van der Waals surface area contributed by atoms with Crippen molar-refractivity contribution in [1.29, 1.82) is 0 Å². The summed E-state index contributed by atoms with van der Waals surface area (Å²) in [6.07, 6.45) is 1.69. The Hall–Kier alpha value is -3.23. The van der Waals surface area contributed by atoms with Crippen molar-refractivity contribution in [3.8, 4) is 16.8 Å². The number of fused-ring (bicyclic) bond motifs is 1. The van der Waals surface area contributed by atoms with E-state index in [0.29, 0.717) is 11.2 Å². The van der Waals surface area contributed by atoms with Gasteiger partial charge >= 0.3 is 0 Å². The van der Waals surface area contributed by atoms with Crippen molar-refractivity contribution in [2.45, 2.75) is 17.3 Å². The van der Waals surface area contributed by atoms with Crippen molar-refractivity contribution < 1.29 is 0 Å². The molecular weight excluding hydrogens is 414 g/mol. The van der Waals surface area contributed by atoms with E-state index in [-0.39, 0.29) is 10.8 Å². The second-order valence-corrected chi connectivity index (χ2v) is 8.89. The van der Waals surface area contributed by atoms with Crippen LogP contribution in [0.1, 0.15) is 18.0 Å². The van der Waals surface area contributed by atoms with Gasteiger partial charge in [0.25, 0.3) is 5.56 Å². The van der Waals surface area contributed by atoms with Crippen LogP contribution in [-0.4, -0.2) is 24.7 Å². The zero-order valence-electron chi connectivity index (χ0n) is 16.0. The Morgan fingerprint density at radius 3 is 2.57 bits per heavy atom. The van der Waals surface area contributed by atoms with Crippen LogP contribution in [0.3, 0.4) is 0 Å². The van der Waals surface area contributed by atoms with Crippen molar-refractivity contribution in [1.82, 2.24) is 24.7 Å². The number of aromatic nitrogens is 5. The van der Waals surface area contributed by atoms with Crippen molar-refractivity contribution in [2.24, 2.45) is 0 Å². The molecule has 0 amide bonds. The lowest BCUT2D eigenvalue weighted by molar-refractivity contribution is 0.861. The molecule has 0 bridgehead atoms. The van der Waals surface area contributed by atoms with Crippen LogP contribution >= 0.6 is 23.1 Å². The number of thiophene rings is 1. The third kappa shape index (κ3) is 3.44. The van der Waals surface area contributed by atoms with Gasteiger partial charge in [0.05, 0.1) is 10.6 Å². The fraction of sp³-hybridized carbons (Fsp3) is 0.0909. The number of thioether (sulfide) groups is 1. The van der Waals surface area contributed by atoms with Crippen LogP contribution in [0.5, 0.6) is 0 Å². The number of nitrogens with one attached hydrogen (secondary N) is 1. The Bertz CT molecular complexity index is 1360. The highest BCUT2D eigenvalue weighted by Gasteiger charge is 2.19. The van der Waals surface area contributed by atoms with Gasteiger partial charge in [0.2, 0.25) is 0 Å². The van der Waals surface area contributed by atoms with Crippen molar-refractivity contribution >= 4 is 33.3 Å². The number of nitrogens with zero attached hydrogens (tertiary/aromatic N) is 4. The minimum Gasteiger partial charge on any atom is -0.309 e. The fourth-order valence-electron chi connectivity index (χ4n) is 3.27. The zero-order valence-corrected chi connectivity index (χ0v) is 17.7. The van der Waals surface area contributed by atoms with Crippen LogP contribution in [0.2, 0.25) is 0 Å². The number of benzene rings is 2. The predicted molar refractivity (Wildman–Crippen MR) is 121 cm³/mol. The van der Waals surface area contributed by atoms with Gasteiger partial charge in [-0.25, -0.2) is 4.98 Å². The van der Waals surface area contributed by atoms with E-state index in [1.54, 1.807) is 6.33 Å². The highest BCUT2D eigenvalue weighted by molar-refractivity contribution is 7.99. The van der Waals surface area contributed by atoms with Crippen molar-refractivity contribution in [2.75, 3.05) is 0 Å². The van der Waals surface area contributed by atoms with Crippen LogP contribution < -0.4 is 5.56 Å². The summed E-state index contributed by atoms with van der Waals surface area (Å²) in [5.41, 5.74) is 2.80. The molecule has 2 aromatic carbocycles. The van der Waals surface area contributed by atoms with Crippen LogP contribution in [0.4, 0.5) is 0 Å². The Labute approximate surface area is 180 Å². The van der Waals surface area contributed by atoms with Crippen LogP contribution in [-0.2, 0) is 0 Å². The molecule has 1 atom stereocenters. The number of aromatic amines is 1. The Morgan fingerprint density at radius 1 is 1.07 bits per heavy atom. The fourth-order valence-corrected chi connectivity index (χ4v) is 5.13. The van der Waals surface area contributed by atoms with E-state index >= 15 is 0 Å². The molecule has 0 radical (unpaired) electrons. The molecular formula is C22H17N5OS2. The molecule has 0 aliphatic carbocycles. The summed E-state index contributed by atoms with van der Waals surface area (Å²) in [5, 5.41) is 11.6. The summed E-state index contributed by atoms with van der Waals surface area (Å²) in [5.74, 6) is 0.626. The first-order valence-electron chi connectivity index (χ1n) is 9.39. The topological polar surface area (TPSA) is 76.5 Å². The number of hydrogen-bond donors (Lipinski definition) is 1. The highest BCUT2D eigenvalue weighted by Crippen LogP contribution is 2.35. The largest absolute Gasteiger partial charge is 0.309 e. The molecule has 0 saturated carbocycles. The smallest absolute Gasteiger partial charge is 0.260 e. The molecule has 0 spiro atoms. The lowest BCUT2D eigenvalue weighted by atomic mass is 10.1. The van der Waals surface area contributed by atoms with E-state index < -0.39 is 0 Å². The molecule has 5 aromatic rings. The highest BCUT2D eigenvalue weighted by atomic mass is 32.2. The van der Waals surface area contributed by atoms with Crippen LogP contribution in [0.25, 0.3) is 27.0 Å². The van der Waals surface area contributed by atoms with Gasteiger partial charge in [0.15, 0.2) is 5.16 Å². The summed E-state index contributed by atoms with van der Waals surface area (Å²) in [7, 11) is 0. The maximum atomic E-state index is 12.9. The first kappa shape index (κ1) is 18.8. The molecule has 148 valence electrons. The predicted octanol–water partition coefficient (Wildman–Crippen LogP) is 5.09. The molecule has 8 heteroatoms. The molecule has 30 heavy (non-hydrogen) atoms. The summed E-state index contributed by atoms with van der Waals surface area (Å²) in [4.78, 5) is 21.4. The van der Waals surface area contributed by atoms with Gasteiger partial charge in [-0.15, -0.1) is 21.5 Å². The second kappa shape index (κ2) is 7.89. The minimum absolute atomic E-state index is 0.101. The average molecular weight is 432 g/mol. The molecule has 1 unspecified atom stereocenters. The lowest BCUT2D eigenvalue weighted by Gasteiger charge is -2.11. The van der Waals surface area contributed by atoms with E-state index in [9.17, 15) is 4.79 Å². The molecule has 6 nitrogen and oxygen atoms in total. The molecule has 1 N–H and O–H groups in total. The van der Waals surface area contributed by atoms with Crippen molar-refractivity contribution in [3.05, 3.63) is 88.5 Å². The molecule has 5 rings (SSSR count). The number of H-pyrrole nitrogens is 1. The maximum Gasteiger partial charge on any atom is 0.260 e. The molecule has 0 fully saturated rings. The first-order valence-corrected chi connectivity index (χ1v) is 11.2. The van der Waals surface area contributed by atoms with E-state index in [0.717, 1.165) is 26.8 Å². The van der Waals surface area contributed by atoms with Gasteiger partial charge in [0.1, 0.15) is 17.0 Å². The summed E-state index contributed by atoms with van der Waals surface area (Å²) >= 11 is 3.00. The van der Waals surface area contributed by atoms with E-state index in [1.165, 1.54) is 23.1 Å². The molecule has 3 aromatic heterocycles. The quantitative estimate of drug-likeness (QED) is 0.393. The third-order valence-electron chi connectivity index (χ3n) is 4.77. The van der Waals surface area contributed by atoms with Gasteiger partial charge in [-0.2, -0.15) is 0 Å². The Morgan fingerprint density at radius 2 is 1.80 bits per heavy atom. The van der Waals surface area contributed by atoms with E-state index in [2.05, 4.69) is 15.2 Å². The standard InChI is InChI=1S/C22H17N5OS2/c1-14(30-22-26-23-13-27(22)16-10-6-3-7-11-16)19-24-20(28)18-17(12-29-21(18)25-19)15-8-4-2-5-9-15/h2-14H,1H3,(H,24,25,28). The van der Waals surface area contributed by atoms with Crippen LogP contribution in [0.15, 0.2) is 82.3 Å². The maximum absolute atomic E-state index is 12.9. The van der Waals surface area contributed by atoms with Gasteiger partial charge in [0, 0.05) is 16.6 Å². The average Bonchev–Trinajstić information content (AvgIpc) is 3.42. The normalized spacial score (nSPS) is 12.3. The number of para-hydroxylation sites is 1. The summed E-state index contributed by atoms with van der Waals surface area (Å²) in [6.45, 7) is 2.00. The second-order valence-electron chi connectivity index (χ2n) is 6.73. The summed E-state index contributed by atoms with van der Waals surface area (Å²) in [6, 6.07) is 19.8. The molecule has 0 saturated heterocycles. The summed E-state index contributed by atoms with van der Waals surface area (Å²) < 4.78 is 1.93. The zero-order chi connectivity index (χ0) is 20.5. The van der Waals surface area contributed by atoms with E-state index in [1.807, 2.05) is 77.5 Å². The first-order chi connectivity index (χ1) is 14.7. The van der Waals surface area contributed by atoms with E-state index in [4.69, 9.17) is 4.98 Å². The van der Waals surface area contributed by atoms with Crippen molar-refractivity contribution in [3.63, 3.8) is 0 Å².